The van der Waals surface area contributed by atoms with Crippen LogP contribution < -0.4 is 9.64 Å². The molecule has 0 aromatic heterocycles. The maximum atomic E-state index is 12.3. The second-order valence-corrected chi connectivity index (χ2v) is 7.61. The summed E-state index contributed by atoms with van der Waals surface area (Å²) in [5.41, 5.74) is 3.21. The van der Waals surface area contributed by atoms with Crippen LogP contribution in [0.15, 0.2) is 47.4 Å². The first-order chi connectivity index (χ1) is 12.1. The summed E-state index contributed by atoms with van der Waals surface area (Å²) in [5.74, 6) is 0.711. The number of hydrogen-bond donors (Lipinski definition) is 0. The van der Waals surface area contributed by atoms with Crippen molar-refractivity contribution in [3.05, 3.63) is 42.5 Å². The summed E-state index contributed by atoms with van der Waals surface area (Å²) in [6, 6.07) is 14.4. The van der Waals surface area contributed by atoms with Gasteiger partial charge in [0.25, 0.3) is 0 Å². The molecule has 4 nitrogen and oxygen atoms in total. The molecule has 25 heavy (non-hydrogen) atoms. The molecule has 0 amide bonds. The molecule has 1 aliphatic heterocycles. The van der Waals surface area contributed by atoms with Gasteiger partial charge < -0.3 is 19.1 Å². The van der Waals surface area contributed by atoms with Gasteiger partial charge in [0.1, 0.15) is 6.26 Å². The van der Waals surface area contributed by atoms with Gasteiger partial charge in [-0.1, -0.05) is 37.3 Å². The highest BCUT2D eigenvalue weighted by atomic mass is 32.2. The Labute approximate surface area is 153 Å². The van der Waals surface area contributed by atoms with Gasteiger partial charge in [-0.05, 0) is 29.4 Å². The lowest BCUT2D eigenvalue weighted by atomic mass is 10.0. The quantitative estimate of drug-likeness (QED) is 0.769. The summed E-state index contributed by atoms with van der Waals surface area (Å²) in [6.07, 6.45) is 1.71. The molecule has 1 unspecified atom stereocenters. The van der Waals surface area contributed by atoms with Crippen LogP contribution in [0.1, 0.15) is 6.92 Å². The van der Waals surface area contributed by atoms with Crippen molar-refractivity contribution < 1.29 is 9.29 Å². The second kappa shape index (κ2) is 8.13. The Balaban J connectivity index is 2.04. The van der Waals surface area contributed by atoms with Crippen molar-refractivity contribution in [1.82, 2.24) is 4.90 Å². The summed E-state index contributed by atoms with van der Waals surface area (Å²) < 4.78 is 18.0. The highest BCUT2D eigenvalue weighted by molar-refractivity contribution is 7.90. The smallest absolute Gasteiger partial charge is 0.197 e. The standard InChI is InChI=1S/C20H26N2O2S/c1-4-21-10-12-22(13-11-21)17-14-18(16-8-6-5-7-9-16)20(24-2)19(15-17)25(3)23/h5-9,14-15H,4,10-13H2,1-3H3. The van der Waals surface area contributed by atoms with E-state index in [0.717, 1.165) is 54.4 Å². The molecule has 1 aliphatic rings. The van der Waals surface area contributed by atoms with Gasteiger partial charge in [0.2, 0.25) is 0 Å². The average molecular weight is 359 g/mol. The minimum Gasteiger partial charge on any atom is -0.612 e. The van der Waals surface area contributed by atoms with Gasteiger partial charge >= 0.3 is 0 Å². The van der Waals surface area contributed by atoms with E-state index in [0.29, 0.717) is 5.75 Å². The summed E-state index contributed by atoms with van der Waals surface area (Å²) in [5, 5.41) is 0. The van der Waals surface area contributed by atoms with Gasteiger partial charge in [-0.3, -0.25) is 0 Å². The minimum atomic E-state index is -1.11. The fraction of sp³-hybridized carbons (Fsp3) is 0.400. The molecule has 2 aromatic rings. The number of rotatable bonds is 5. The zero-order valence-electron chi connectivity index (χ0n) is 15.2. The SMILES string of the molecule is CCN1CCN(c2cc(-c3ccccc3)c(OC)c([S+](C)[O-])c2)CC1. The summed E-state index contributed by atoms with van der Waals surface area (Å²) in [4.78, 5) is 5.60. The lowest BCUT2D eigenvalue weighted by Gasteiger charge is -2.36. The Morgan fingerprint density at radius 2 is 1.76 bits per heavy atom. The molecule has 134 valence electrons. The fourth-order valence-corrected chi connectivity index (χ4v) is 4.09. The Morgan fingerprint density at radius 3 is 2.32 bits per heavy atom. The molecule has 1 heterocycles. The van der Waals surface area contributed by atoms with Gasteiger partial charge in [-0.25, -0.2) is 0 Å². The normalized spacial score (nSPS) is 16.7. The monoisotopic (exact) mass is 358 g/mol. The van der Waals surface area contributed by atoms with Crippen LogP contribution in [-0.2, 0) is 11.2 Å². The van der Waals surface area contributed by atoms with Crippen LogP contribution >= 0.6 is 0 Å². The third kappa shape index (κ3) is 3.94. The molecule has 0 N–H and O–H groups in total. The lowest BCUT2D eigenvalue weighted by Crippen LogP contribution is -2.46. The van der Waals surface area contributed by atoms with Crippen molar-refractivity contribution in [2.45, 2.75) is 11.8 Å². The molecule has 1 atom stereocenters. The zero-order chi connectivity index (χ0) is 17.8. The highest BCUT2D eigenvalue weighted by Crippen LogP contribution is 2.39. The van der Waals surface area contributed by atoms with Crippen LogP contribution in [0.5, 0.6) is 5.75 Å². The van der Waals surface area contributed by atoms with Gasteiger partial charge in [-0.15, -0.1) is 0 Å². The molecule has 1 saturated heterocycles. The second-order valence-electron chi connectivity index (χ2n) is 6.27. The van der Waals surface area contributed by atoms with Crippen molar-refractivity contribution in [2.75, 3.05) is 51.0 Å². The predicted molar refractivity (Wildman–Crippen MR) is 105 cm³/mol. The molecular formula is C20H26N2O2S. The fourth-order valence-electron chi connectivity index (χ4n) is 3.35. The number of likely N-dealkylation sites (N-methyl/N-ethyl adjacent to an activating group) is 1. The number of ether oxygens (including phenoxy) is 1. The molecule has 1 fully saturated rings. The van der Waals surface area contributed by atoms with Crippen LogP contribution in [0.25, 0.3) is 11.1 Å². The first-order valence-electron chi connectivity index (χ1n) is 8.72. The largest absolute Gasteiger partial charge is 0.612 e. The Morgan fingerprint density at radius 1 is 1.08 bits per heavy atom. The van der Waals surface area contributed by atoms with E-state index in [-0.39, 0.29) is 0 Å². The summed E-state index contributed by atoms with van der Waals surface area (Å²) >= 11 is -1.11. The first-order valence-corrected chi connectivity index (χ1v) is 10.3. The average Bonchev–Trinajstić information content (AvgIpc) is 2.67. The molecule has 5 heteroatoms. The third-order valence-corrected chi connectivity index (χ3v) is 5.75. The highest BCUT2D eigenvalue weighted by Gasteiger charge is 2.23. The Kier molecular flexibility index (Phi) is 5.89. The third-order valence-electron chi connectivity index (χ3n) is 4.82. The van der Waals surface area contributed by atoms with Crippen LogP contribution in [-0.4, -0.2) is 55.5 Å². The van der Waals surface area contributed by atoms with Crippen LogP contribution in [0.4, 0.5) is 5.69 Å². The van der Waals surface area contributed by atoms with E-state index < -0.39 is 11.2 Å². The number of piperazine rings is 1. The molecular weight excluding hydrogens is 332 g/mol. The van der Waals surface area contributed by atoms with Crippen molar-refractivity contribution in [1.29, 1.82) is 0 Å². The maximum Gasteiger partial charge on any atom is 0.197 e. The Bertz CT molecular complexity index is 698. The van der Waals surface area contributed by atoms with E-state index >= 15 is 0 Å². The van der Waals surface area contributed by atoms with Crippen molar-refractivity contribution in [3.63, 3.8) is 0 Å². The minimum absolute atomic E-state index is 0.711. The molecule has 0 radical (unpaired) electrons. The summed E-state index contributed by atoms with van der Waals surface area (Å²) in [6.45, 7) is 7.40. The number of nitrogens with zero attached hydrogens (tertiary/aromatic N) is 2. The number of anilines is 1. The number of hydrogen-bond acceptors (Lipinski definition) is 4. The first kappa shape index (κ1) is 18.1. The van der Waals surface area contributed by atoms with Gasteiger partial charge in [0.15, 0.2) is 10.6 Å². The van der Waals surface area contributed by atoms with Gasteiger partial charge in [0, 0.05) is 43.5 Å². The molecule has 0 aliphatic carbocycles. The van der Waals surface area contributed by atoms with E-state index in [2.05, 4.69) is 34.9 Å². The van der Waals surface area contributed by atoms with Crippen molar-refractivity contribution in [2.24, 2.45) is 0 Å². The lowest BCUT2D eigenvalue weighted by molar-refractivity contribution is 0.271. The summed E-state index contributed by atoms with van der Waals surface area (Å²) in [7, 11) is 1.65. The van der Waals surface area contributed by atoms with Crippen LogP contribution in [0.3, 0.4) is 0 Å². The predicted octanol–water partition coefficient (Wildman–Crippen LogP) is 3.24. The number of methoxy groups -OCH3 is 1. The van der Waals surface area contributed by atoms with Crippen molar-refractivity contribution in [3.8, 4) is 16.9 Å². The van der Waals surface area contributed by atoms with E-state index in [9.17, 15) is 4.55 Å². The molecule has 0 spiro atoms. The molecule has 2 aromatic carbocycles. The Hall–Kier alpha value is -1.69. The van der Waals surface area contributed by atoms with Crippen LogP contribution in [0, 0.1) is 0 Å². The van der Waals surface area contributed by atoms with Gasteiger partial charge in [-0.2, -0.15) is 0 Å². The van der Waals surface area contributed by atoms with E-state index in [1.165, 1.54) is 0 Å². The van der Waals surface area contributed by atoms with Crippen LogP contribution in [0.2, 0.25) is 0 Å². The molecule has 3 rings (SSSR count). The number of benzene rings is 2. The zero-order valence-corrected chi connectivity index (χ0v) is 16.0. The van der Waals surface area contributed by atoms with E-state index in [1.807, 2.05) is 24.3 Å². The maximum absolute atomic E-state index is 12.3. The molecule has 0 saturated carbocycles. The van der Waals surface area contributed by atoms with Crippen molar-refractivity contribution >= 4 is 16.9 Å². The molecule has 0 bridgehead atoms. The van der Waals surface area contributed by atoms with E-state index in [4.69, 9.17) is 4.74 Å². The van der Waals surface area contributed by atoms with Gasteiger partial charge in [0.05, 0.1) is 7.11 Å². The van der Waals surface area contributed by atoms with E-state index in [1.54, 1.807) is 13.4 Å². The topological polar surface area (TPSA) is 38.8 Å².